The van der Waals surface area contributed by atoms with E-state index >= 15 is 0 Å². The van der Waals surface area contributed by atoms with Gasteiger partial charge in [0.2, 0.25) is 0 Å². The van der Waals surface area contributed by atoms with E-state index in [2.05, 4.69) is 47.8 Å². The summed E-state index contributed by atoms with van der Waals surface area (Å²) in [6, 6.07) is 6.33. The maximum absolute atomic E-state index is 4.24. The number of aryl methyl sites for hydroxylation is 3. The van der Waals surface area contributed by atoms with Crippen molar-refractivity contribution in [2.75, 3.05) is 0 Å². The number of benzene rings is 1. The number of nitrogens with zero attached hydrogens (tertiary/aromatic N) is 2. The van der Waals surface area contributed by atoms with E-state index < -0.39 is 0 Å². The second-order valence-corrected chi connectivity index (χ2v) is 3.66. The maximum Gasteiger partial charge on any atom is 0.0995 e. The first-order valence-corrected chi connectivity index (χ1v) is 4.75. The van der Waals surface area contributed by atoms with Gasteiger partial charge in [0, 0.05) is 6.20 Å². The van der Waals surface area contributed by atoms with Crippen LogP contribution in [0.3, 0.4) is 0 Å². The Balaban J connectivity index is 2.61. The number of rotatable bonds is 1. The van der Waals surface area contributed by atoms with E-state index in [1.54, 1.807) is 0 Å². The molecule has 0 N–H and O–H groups in total. The summed E-state index contributed by atoms with van der Waals surface area (Å²) in [4.78, 5) is 4.24. The molecule has 0 aliphatic heterocycles. The minimum atomic E-state index is 1.05. The Labute approximate surface area is 84.2 Å². The molecule has 1 aromatic carbocycles. The number of hydrogen-bond acceptors (Lipinski definition) is 1. The molecule has 0 unspecified atom stereocenters. The lowest BCUT2D eigenvalue weighted by Gasteiger charge is -2.09. The molecule has 0 radical (unpaired) electrons. The molecular weight excluding hydrogens is 172 g/mol. The van der Waals surface area contributed by atoms with Gasteiger partial charge in [-0.05, 0) is 31.9 Å². The molecule has 2 rings (SSSR count). The van der Waals surface area contributed by atoms with E-state index in [1.807, 2.05) is 13.3 Å². The summed E-state index contributed by atoms with van der Waals surface area (Å²) in [5, 5.41) is 0. The van der Waals surface area contributed by atoms with Crippen LogP contribution >= 0.6 is 0 Å². The third-order valence-corrected chi connectivity index (χ3v) is 2.41. The predicted octanol–water partition coefficient (Wildman–Crippen LogP) is 2.80. The van der Waals surface area contributed by atoms with Crippen molar-refractivity contribution in [3.05, 3.63) is 47.5 Å². The van der Waals surface area contributed by atoms with Crippen LogP contribution in [0.1, 0.15) is 16.8 Å². The fourth-order valence-electron chi connectivity index (χ4n) is 1.76. The lowest BCUT2D eigenvalue weighted by atomic mass is 10.1. The van der Waals surface area contributed by atoms with Crippen molar-refractivity contribution >= 4 is 0 Å². The van der Waals surface area contributed by atoms with Crippen LogP contribution in [0.5, 0.6) is 0 Å². The Bertz CT molecular complexity index is 435. The smallest absolute Gasteiger partial charge is 0.0995 e. The summed E-state index contributed by atoms with van der Waals surface area (Å²) in [6.07, 6.45) is 3.92. The zero-order valence-corrected chi connectivity index (χ0v) is 8.78. The fraction of sp³-hybridized carbons (Fsp3) is 0.250. The van der Waals surface area contributed by atoms with Crippen molar-refractivity contribution in [3.8, 4) is 5.69 Å². The Hall–Kier alpha value is -1.57. The standard InChI is InChI=1S/C12H14N2/c1-9-5-4-6-10(2)12(9)14-7-11(3)13-8-14/h4-8H,1-3H3. The molecule has 0 saturated carbocycles. The van der Waals surface area contributed by atoms with Crippen molar-refractivity contribution in [2.45, 2.75) is 20.8 Å². The molecule has 2 aromatic rings. The summed E-state index contributed by atoms with van der Waals surface area (Å²) >= 11 is 0. The maximum atomic E-state index is 4.24. The molecule has 0 saturated heterocycles. The van der Waals surface area contributed by atoms with E-state index in [-0.39, 0.29) is 0 Å². The van der Waals surface area contributed by atoms with E-state index in [0.29, 0.717) is 0 Å². The van der Waals surface area contributed by atoms with Crippen molar-refractivity contribution in [2.24, 2.45) is 0 Å². The van der Waals surface area contributed by atoms with Crippen LogP contribution in [0.15, 0.2) is 30.7 Å². The molecule has 2 nitrogen and oxygen atoms in total. The largest absolute Gasteiger partial charge is 0.306 e. The van der Waals surface area contributed by atoms with Gasteiger partial charge < -0.3 is 4.57 Å². The lowest BCUT2D eigenvalue weighted by molar-refractivity contribution is 1.02. The highest BCUT2D eigenvalue weighted by molar-refractivity contribution is 5.46. The predicted molar refractivity (Wildman–Crippen MR) is 57.8 cm³/mol. The summed E-state index contributed by atoms with van der Waals surface area (Å²) in [5.74, 6) is 0. The molecule has 0 aliphatic rings. The third-order valence-electron chi connectivity index (χ3n) is 2.41. The van der Waals surface area contributed by atoms with Crippen LogP contribution in [-0.2, 0) is 0 Å². The van der Waals surface area contributed by atoms with Gasteiger partial charge in [0.25, 0.3) is 0 Å². The fourth-order valence-corrected chi connectivity index (χ4v) is 1.76. The van der Waals surface area contributed by atoms with Gasteiger partial charge in [0.1, 0.15) is 0 Å². The summed E-state index contributed by atoms with van der Waals surface area (Å²) in [7, 11) is 0. The van der Waals surface area contributed by atoms with Crippen LogP contribution in [-0.4, -0.2) is 9.55 Å². The summed E-state index contributed by atoms with van der Waals surface area (Å²) in [5.41, 5.74) is 4.85. The normalized spacial score (nSPS) is 10.5. The molecule has 72 valence electrons. The minimum Gasteiger partial charge on any atom is -0.306 e. The highest BCUT2D eigenvalue weighted by atomic mass is 15.0. The van der Waals surface area contributed by atoms with Crippen molar-refractivity contribution in [3.63, 3.8) is 0 Å². The second-order valence-electron chi connectivity index (χ2n) is 3.66. The topological polar surface area (TPSA) is 17.8 Å². The monoisotopic (exact) mass is 186 g/mol. The zero-order valence-electron chi connectivity index (χ0n) is 8.78. The van der Waals surface area contributed by atoms with E-state index in [1.165, 1.54) is 16.8 Å². The van der Waals surface area contributed by atoms with E-state index in [0.717, 1.165) is 5.69 Å². The van der Waals surface area contributed by atoms with Crippen LogP contribution in [0.2, 0.25) is 0 Å². The molecule has 1 aromatic heterocycles. The molecule has 0 amide bonds. The molecule has 0 aliphatic carbocycles. The molecule has 2 heteroatoms. The third kappa shape index (κ3) is 1.43. The van der Waals surface area contributed by atoms with Gasteiger partial charge in [-0.25, -0.2) is 4.98 Å². The van der Waals surface area contributed by atoms with Gasteiger partial charge in [-0.2, -0.15) is 0 Å². The number of hydrogen-bond donors (Lipinski definition) is 0. The minimum absolute atomic E-state index is 1.05. The molecule has 14 heavy (non-hydrogen) atoms. The first kappa shape index (κ1) is 9.00. The van der Waals surface area contributed by atoms with E-state index in [4.69, 9.17) is 0 Å². The quantitative estimate of drug-likeness (QED) is 0.669. The van der Waals surface area contributed by atoms with Gasteiger partial charge in [0.05, 0.1) is 17.7 Å². The van der Waals surface area contributed by atoms with Gasteiger partial charge in [-0.15, -0.1) is 0 Å². The van der Waals surface area contributed by atoms with Crippen LogP contribution in [0.4, 0.5) is 0 Å². The number of para-hydroxylation sites is 1. The van der Waals surface area contributed by atoms with Gasteiger partial charge in [-0.1, -0.05) is 18.2 Å². The summed E-state index contributed by atoms with van der Waals surface area (Å²) in [6.45, 7) is 6.25. The summed E-state index contributed by atoms with van der Waals surface area (Å²) < 4.78 is 2.08. The molecule has 0 bridgehead atoms. The first-order valence-electron chi connectivity index (χ1n) is 4.75. The molecule has 0 fully saturated rings. The van der Waals surface area contributed by atoms with E-state index in [9.17, 15) is 0 Å². The van der Waals surface area contributed by atoms with Crippen molar-refractivity contribution in [1.82, 2.24) is 9.55 Å². The number of aromatic nitrogens is 2. The second kappa shape index (κ2) is 3.29. The van der Waals surface area contributed by atoms with Crippen molar-refractivity contribution in [1.29, 1.82) is 0 Å². The van der Waals surface area contributed by atoms with Crippen molar-refractivity contribution < 1.29 is 0 Å². The Morgan fingerprint density at radius 1 is 1.07 bits per heavy atom. The SMILES string of the molecule is Cc1cn(-c2c(C)cccc2C)cn1. The van der Waals surface area contributed by atoms with Crippen LogP contribution in [0.25, 0.3) is 5.69 Å². The average molecular weight is 186 g/mol. The van der Waals surface area contributed by atoms with Crippen LogP contribution < -0.4 is 0 Å². The molecule has 0 spiro atoms. The first-order chi connectivity index (χ1) is 6.68. The highest BCUT2D eigenvalue weighted by Gasteiger charge is 2.03. The molecule has 1 heterocycles. The molecular formula is C12H14N2. The van der Waals surface area contributed by atoms with Gasteiger partial charge >= 0.3 is 0 Å². The van der Waals surface area contributed by atoms with Crippen LogP contribution in [0, 0.1) is 20.8 Å². The number of imidazole rings is 1. The highest BCUT2D eigenvalue weighted by Crippen LogP contribution is 2.18. The lowest BCUT2D eigenvalue weighted by Crippen LogP contribution is -1.96. The Morgan fingerprint density at radius 2 is 1.71 bits per heavy atom. The Kier molecular flexibility index (Phi) is 2.12. The van der Waals surface area contributed by atoms with Gasteiger partial charge in [-0.3, -0.25) is 0 Å². The zero-order chi connectivity index (χ0) is 10.1. The molecule has 0 atom stereocenters. The average Bonchev–Trinajstić information content (AvgIpc) is 2.51. The Morgan fingerprint density at radius 3 is 2.21 bits per heavy atom. The van der Waals surface area contributed by atoms with Gasteiger partial charge in [0.15, 0.2) is 0 Å².